The normalized spacial score (nSPS) is 14.1. The average molecular weight is 1830 g/mol. The van der Waals surface area contributed by atoms with Crippen LogP contribution in [0.5, 0.6) is 0 Å². The first-order valence-electron chi connectivity index (χ1n) is 38.4. The first-order chi connectivity index (χ1) is 54.6. The maximum Gasteiger partial charge on any atom is 2.00 e. The molecule has 552 valence electrons. The van der Waals surface area contributed by atoms with Crippen LogP contribution in [0.4, 0.5) is 34.4 Å². The van der Waals surface area contributed by atoms with Crippen molar-refractivity contribution in [1.29, 1.82) is 0 Å². The van der Waals surface area contributed by atoms with Crippen molar-refractivity contribution in [2.45, 2.75) is 77.0 Å². The van der Waals surface area contributed by atoms with E-state index in [1.54, 1.807) is 0 Å². The van der Waals surface area contributed by atoms with Gasteiger partial charge in [0.2, 0.25) is 0 Å². The number of hydrogen-bond acceptors (Lipinski definition) is 8. The molecule has 0 unspecified atom stereocenters. The van der Waals surface area contributed by atoms with E-state index in [4.69, 9.17) is 9.97 Å². The summed E-state index contributed by atoms with van der Waals surface area (Å²) in [6, 6.07) is 109. The number of rotatable bonds is 12. The van der Waals surface area contributed by atoms with Gasteiger partial charge in [0.05, 0.1) is 33.4 Å². The fraction of sp³-hybridized carbons (Fsp3) is 0.118. The number of para-hydroxylation sites is 4. The standard InChI is InChI=1S/2C51H37N5.2Pt/c1-50(2)40-19-11-17-38-39-18-12-20-41-48(39)56(47(38)40)49-42(50)29-35(30-43(49)51(41,3)4)34-23-24-46(54-31-34)55(36-15-9-13-32(27-36)44-21-5-7-25-52-44)37-16-10-14-33(28-37)45-22-6-8-26-53-45;1-50(2)40-19-11-17-38-39-18-12-20-41-48(39)56(47(38)40)49-42(50)29-35(30-43(49)51(41,3)4)32-23-26-54-46(31-32)55(36-15-9-13-33(27-36)44-21-5-7-24-52-44)37-16-10-14-34(28-37)45-22-6-8-25-53-45;;/h2*5-26,29-31H,1-4H3;;/q2*-2;2*+2. The van der Waals surface area contributed by atoms with Crippen molar-refractivity contribution in [3.05, 3.63) is 373 Å². The molecule has 0 N–H and O–H groups in total. The van der Waals surface area contributed by atoms with Crippen LogP contribution in [0.25, 0.3) is 122 Å². The molecule has 10 aromatic carbocycles. The number of benzene rings is 10. The minimum atomic E-state index is -0.221. The maximum absolute atomic E-state index is 5.21. The molecule has 18 aromatic rings. The zero-order chi connectivity index (χ0) is 75.5. The molecule has 4 aliphatic rings. The quantitative estimate of drug-likeness (QED) is 0.112. The van der Waals surface area contributed by atoms with E-state index < -0.39 is 0 Å². The Hall–Kier alpha value is -12.3. The van der Waals surface area contributed by atoms with Gasteiger partial charge in [0.25, 0.3) is 0 Å². The van der Waals surface area contributed by atoms with E-state index in [1.807, 2.05) is 146 Å². The molecule has 10 nitrogen and oxygen atoms in total. The molecule has 0 saturated heterocycles. The maximum atomic E-state index is 5.21. The third-order valence-electron chi connectivity index (χ3n) is 24.1. The van der Waals surface area contributed by atoms with Crippen molar-refractivity contribution in [2.75, 3.05) is 9.80 Å². The van der Waals surface area contributed by atoms with Gasteiger partial charge in [-0.3, -0.25) is 0 Å². The van der Waals surface area contributed by atoms with Crippen LogP contribution in [0.15, 0.2) is 304 Å². The van der Waals surface area contributed by atoms with Gasteiger partial charge in [-0.05, 0) is 180 Å². The van der Waals surface area contributed by atoms with Crippen LogP contribution in [0, 0.1) is 24.3 Å². The summed E-state index contributed by atoms with van der Waals surface area (Å²) < 4.78 is 5.15. The summed E-state index contributed by atoms with van der Waals surface area (Å²) in [5.74, 6) is 1.53. The molecule has 0 aliphatic carbocycles. The summed E-state index contributed by atoms with van der Waals surface area (Å²) >= 11 is 0. The molecule has 8 aromatic heterocycles. The largest absolute Gasteiger partial charge is 2.00 e. The first kappa shape index (κ1) is 72.0. The van der Waals surface area contributed by atoms with Gasteiger partial charge in [-0.1, -0.05) is 177 Å². The van der Waals surface area contributed by atoms with Crippen LogP contribution in [-0.2, 0) is 63.8 Å². The van der Waals surface area contributed by atoms with E-state index in [-0.39, 0.29) is 63.8 Å². The van der Waals surface area contributed by atoms with E-state index in [1.165, 1.54) is 105 Å². The Bertz CT molecular complexity index is 6530. The Morgan fingerprint density at radius 3 is 0.877 bits per heavy atom. The summed E-state index contributed by atoms with van der Waals surface area (Å²) in [7, 11) is 0. The Kier molecular flexibility index (Phi) is 17.2. The zero-order valence-corrected chi connectivity index (χ0v) is 68.5. The second kappa shape index (κ2) is 27.2. The van der Waals surface area contributed by atoms with E-state index in [0.717, 1.165) is 96.1 Å². The first-order valence-corrected chi connectivity index (χ1v) is 38.4. The van der Waals surface area contributed by atoms with Gasteiger partial charge >= 0.3 is 42.1 Å². The number of fused-ring (bicyclic) bond motifs is 2. The Morgan fingerprint density at radius 1 is 0.254 bits per heavy atom. The van der Waals surface area contributed by atoms with Crippen molar-refractivity contribution in [1.82, 2.24) is 39.0 Å². The van der Waals surface area contributed by atoms with Gasteiger partial charge in [0.1, 0.15) is 11.6 Å². The van der Waals surface area contributed by atoms with Crippen LogP contribution in [0.1, 0.15) is 99.9 Å². The van der Waals surface area contributed by atoms with E-state index in [0.29, 0.717) is 0 Å². The average Bonchev–Trinajstić information content (AvgIpc) is 1.48. The number of nitrogens with zero attached hydrogens (tertiary/aromatic N) is 10. The summed E-state index contributed by atoms with van der Waals surface area (Å²) in [6.45, 7) is 19.1. The summed E-state index contributed by atoms with van der Waals surface area (Å²) in [4.78, 5) is 33.0. The molecule has 0 atom stereocenters. The van der Waals surface area contributed by atoms with Gasteiger partial charge in [0.15, 0.2) is 0 Å². The van der Waals surface area contributed by atoms with Crippen LogP contribution in [0.3, 0.4) is 0 Å². The van der Waals surface area contributed by atoms with Crippen LogP contribution < -0.4 is 9.80 Å². The zero-order valence-electron chi connectivity index (χ0n) is 64.0. The number of pyridine rings is 6. The van der Waals surface area contributed by atoms with E-state index in [2.05, 4.69) is 276 Å². The molecule has 0 radical (unpaired) electrons. The second-order valence-electron chi connectivity index (χ2n) is 32.0. The molecule has 114 heavy (non-hydrogen) atoms. The predicted molar refractivity (Wildman–Crippen MR) is 454 cm³/mol. The van der Waals surface area contributed by atoms with Crippen molar-refractivity contribution in [2.24, 2.45) is 0 Å². The number of hydrogen-bond donors (Lipinski definition) is 0. The Morgan fingerprint density at radius 2 is 0.570 bits per heavy atom. The number of anilines is 6. The SMILES string of the molecule is CC1(C)c2cc(-c3ccc(N(c4[c-]c(-c5ccccn5)ccc4)c4[c-]c(-c5ccccn5)ccc4)nc3)cc3c2-n2c4c1cccc4c1cccc(c12)C3(C)C.CC1(C)c2cc(-c3ccnc(N(c4[c-]c(-c5ccccn5)ccc4)c4[c-]c(-c5ccccn5)ccc4)c3)cc3c2-n2c4c1cccc4c1cccc(c12)C3(C)C.[Pt+2].[Pt+2]. The molecule has 22 rings (SSSR count). The van der Waals surface area contributed by atoms with Crippen molar-refractivity contribution < 1.29 is 42.1 Å². The minimum Gasteiger partial charge on any atom is -0.331 e. The van der Waals surface area contributed by atoms with Crippen LogP contribution >= 0.6 is 0 Å². The van der Waals surface area contributed by atoms with E-state index >= 15 is 0 Å². The smallest absolute Gasteiger partial charge is 0.331 e. The molecular formula is C102H74N10Pt2. The second-order valence-corrected chi connectivity index (χ2v) is 32.0. The van der Waals surface area contributed by atoms with Crippen molar-refractivity contribution >= 4 is 78.0 Å². The molecule has 0 saturated carbocycles. The molecule has 12 heterocycles. The fourth-order valence-electron chi connectivity index (χ4n) is 18.5. The predicted octanol–water partition coefficient (Wildman–Crippen LogP) is 24.6. The minimum absolute atomic E-state index is 0. The molecule has 0 bridgehead atoms. The number of aromatic nitrogens is 8. The summed E-state index contributed by atoms with van der Waals surface area (Å²) in [6.07, 6.45) is 11.2. The van der Waals surface area contributed by atoms with Crippen LogP contribution in [-0.4, -0.2) is 39.0 Å². The topological polar surface area (TPSA) is 93.7 Å². The van der Waals surface area contributed by atoms with Crippen molar-refractivity contribution in [3.63, 3.8) is 0 Å². The third kappa shape index (κ3) is 11.1. The van der Waals surface area contributed by atoms with Gasteiger partial charge in [-0.15, -0.1) is 119 Å². The van der Waals surface area contributed by atoms with E-state index in [9.17, 15) is 0 Å². The van der Waals surface area contributed by atoms with Crippen molar-refractivity contribution in [3.8, 4) is 78.7 Å². The molecule has 12 heteroatoms. The molecule has 0 amide bonds. The van der Waals surface area contributed by atoms with Gasteiger partial charge in [0, 0.05) is 85.9 Å². The summed E-state index contributed by atoms with van der Waals surface area (Å²) in [5.41, 5.74) is 32.9. The molecule has 4 aliphatic heterocycles. The summed E-state index contributed by atoms with van der Waals surface area (Å²) in [5, 5.41) is 5.33. The Labute approximate surface area is 692 Å². The monoisotopic (exact) mass is 1830 g/mol. The van der Waals surface area contributed by atoms with Gasteiger partial charge in [-0.25, -0.2) is 9.97 Å². The third-order valence-corrected chi connectivity index (χ3v) is 24.1. The Balaban J connectivity index is 0.000000150. The van der Waals surface area contributed by atoms with Crippen LogP contribution in [0.2, 0.25) is 0 Å². The molecule has 0 fully saturated rings. The fourth-order valence-corrected chi connectivity index (χ4v) is 18.5. The van der Waals surface area contributed by atoms with Gasteiger partial charge in [-0.2, -0.15) is 0 Å². The molecule has 0 spiro atoms. The van der Waals surface area contributed by atoms with Gasteiger partial charge < -0.3 is 38.9 Å². The molecular weight excluding hydrogens is 1760 g/mol.